The van der Waals surface area contributed by atoms with Crippen LogP contribution in [-0.2, 0) is 9.53 Å². The zero-order valence-electron chi connectivity index (χ0n) is 7.09. The molecule has 0 aromatic rings. The van der Waals surface area contributed by atoms with Gasteiger partial charge in [-0.25, -0.2) is 0 Å². The van der Waals surface area contributed by atoms with Gasteiger partial charge in [-0.2, -0.15) is 0 Å². The Labute approximate surface area is 66.9 Å². The quantitative estimate of drug-likeness (QED) is 0.600. The summed E-state index contributed by atoms with van der Waals surface area (Å²) in [6.45, 7) is 4.72. The Hall–Kier alpha value is -0.370. The monoisotopic (exact) mass is 154 g/mol. The van der Waals surface area contributed by atoms with Crippen molar-refractivity contribution in [1.29, 1.82) is 0 Å². The first-order valence-corrected chi connectivity index (χ1v) is 4.32. The molecule has 1 saturated carbocycles. The van der Waals surface area contributed by atoms with Crippen molar-refractivity contribution in [3.05, 3.63) is 0 Å². The third-order valence-electron chi connectivity index (χ3n) is 2.81. The van der Waals surface area contributed by atoms with Crippen molar-refractivity contribution in [1.82, 2.24) is 0 Å². The molecule has 2 saturated heterocycles. The number of hydrogen-bond donors (Lipinski definition) is 0. The van der Waals surface area contributed by atoms with Gasteiger partial charge in [0.15, 0.2) is 5.78 Å². The number of ketones is 1. The van der Waals surface area contributed by atoms with Gasteiger partial charge in [-0.05, 0) is 18.8 Å². The van der Waals surface area contributed by atoms with E-state index < -0.39 is 0 Å². The summed E-state index contributed by atoms with van der Waals surface area (Å²) in [6.07, 6.45) is 1.98. The number of hydrogen-bond acceptors (Lipinski definition) is 2. The second kappa shape index (κ2) is 2.07. The van der Waals surface area contributed by atoms with Crippen LogP contribution in [0.5, 0.6) is 0 Å². The van der Waals surface area contributed by atoms with Crippen LogP contribution >= 0.6 is 0 Å². The molecule has 3 aliphatic rings. The normalized spacial score (nSPS) is 40.8. The largest absolute Gasteiger partial charge is 0.367 e. The summed E-state index contributed by atoms with van der Waals surface area (Å²) < 4.78 is 5.49. The standard InChI is InChI=1S/C9H14O2/c1-6(2)8(10)9-3-7(4-9)5-11-9/h6-7H,3-5H2,1-2H3. The molecule has 2 nitrogen and oxygen atoms in total. The molecule has 3 fully saturated rings. The van der Waals surface area contributed by atoms with Gasteiger partial charge in [0, 0.05) is 5.92 Å². The first-order valence-electron chi connectivity index (χ1n) is 4.32. The molecule has 0 atom stereocenters. The second-order valence-electron chi connectivity index (χ2n) is 4.10. The maximum absolute atomic E-state index is 11.6. The first-order chi connectivity index (χ1) is 5.14. The van der Waals surface area contributed by atoms with Crippen molar-refractivity contribution in [2.75, 3.05) is 6.61 Å². The fourth-order valence-electron chi connectivity index (χ4n) is 2.18. The molecule has 2 aliphatic heterocycles. The van der Waals surface area contributed by atoms with Crippen LogP contribution in [-0.4, -0.2) is 18.0 Å². The van der Waals surface area contributed by atoms with E-state index in [2.05, 4.69) is 0 Å². The van der Waals surface area contributed by atoms with Gasteiger partial charge in [-0.15, -0.1) is 0 Å². The lowest BCUT2D eigenvalue weighted by molar-refractivity contribution is -0.144. The molecule has 3 rings (SSSR count). The van der Waals surface area contributed by atoms with E-state index in [0.717, 1.165) is 19.4 Å². The molecule has 1 aliphatic carbocycles. The number of Topliss-reactive ketones (excluding diaryl/α,β-unsaturated/α-hetero) is 1. The number of fused-ring (bicyclic) bond motifs is 1. The van der Waals surface area contributed by atoms with Gasteiger partial charge >= 0.3 is 0 Å². The molecule has 11 heavy (non-hydrogen) atoms. The van der Waals surface area contributed by atoms with Crippen LogP contribution in [0.4, 0.5) is 0 Å². The molecular weight excluding hydrogens is 140 g/mol. The number of ether oxygens (including phenoxy) is 1. The smallest absolute Gasteiger partial charge is 0.167 e. The average Bonchev–Trinajstić information content (AvgIpc) is 2.40. The summed E-state index contributed by atoms with van der Waals surface area (Å²) in [6, 6.07) is 0. The fourth-order valence-corrected chi connectivity index (χ4v) is 2.18. The van der Waals surface area contributed by atoms with Crippen LogP contribution in [0.2, 0.25) is 0 Å². The molecule has 2 heterocycles. The fraction of sp³-hybridized carbons (Fsp3) is 0.889. The van der Waals surface area contributed by atoms with Crippen molar-refractivity contribution in [3.8, 4) is 0 Å². The van der Waals surface area contributed by atoms with Crippen LogP contribution in [0.25, 0.3) is 0 Å². The highest BCUT2D eigenvalue weighted by molar-refractivity contribution is 5.90. The molecule has 2 bridgehead atoms. The summed E-state index contributed by atoms with van der Waals surface area (Å²) in [7, 11) is 0. The Morgan fingerprint density at radius 3 is 2.55 bits per heavy atom. The van der Waals surface area contributed by atoms with E-state index in [1.54, 1.807) is 0 Å². The van der Waals surface area contributed by atoms with Crippen LogP contribution in [0.15, 0.2) is 0 Å². The first kappa shape index (κ1) is 7.29. The molecule has 62 valence electrons. The van der Waals surface area contributed by atoms with Crippen molar-refractivity contribution in [3.63, 3.8) is 0 Å². The zero-order chi connectivity index (χ0) is 8.06. The Balaban J connectivity index is 2.10. The number of rotatable bonds is 2. The molecule has 0 aromatic heterocycles. The van der Waals surface area contributed by atoms with Crippen molar-refractivity contribution < 1.29 is 9.53 Å². The van der Waals surface area contributed by atoms with Gasteiger partial charge in [0.05, 0.1) is 6.61 Å². The van der Waals surface area contributed by atoms with E-state index in [1.165, 1.54) is 0 Å². The predicted molar refractivity (Wildman–Crippen MR) is 41.3 cm³/mol. The summed E-state index contributed by atoms with van der Waals surface area (Å²) in [5, 5.41) is 0. The van der Waals surface area contributed by atoms with Crippen molar-refractivity contribution in [2.24, 2.45) is 11.8 Å². The maximum atomic E-state index is 11.6. The van der Waals surface area contributed by atoms with Gasteiger partial charge in [-0.3, -0.25) is 4.79 Å². The van der Waals surface area contributed by atoms with Crippen LogP contribution in [0.3, 0.4) is 0 Å². The van der Waals surface area contributed by atoms with Crippen LogP contribution in [0.1, 0.15) is 26.7 Å². The van der Waals surface area contributed by atoms with E-state index in [1.807, 2.05) is 13.8 Å². The Bertz CT molecular complexity index is 184. The minimum atomic E-state index is -0.321. The maximum Gasteiger partial charge on any atom is 0.167 e. The minimum Gasteiger partial charge on any atom is -0.367 e. The summed E-state index contributed by atoms with van der Waals surface area (Å²) in [5.74, 6) is 1.14. The lowest BCUT2D eigenvalue weighted by Gasteiger charge is -2.35. The summed E-state index contributed by atoms with van der Waals surface area (Å²) >= 11 is 0. The molecule has 0 radical (unpaired) electrons. The van der Waals surface area contributed by atoms with E-state index in [-0.39, 0.29) is 11.5 Å². The van der Waals surface area contributed by atoms with Gasteiger partial charge in [-0.1, -0.05) is 13.8 Å². The van der Waals surface area contributed by atoms with E-state index >= 15 is 0 Å². The molecule has 0 aromatic carbocycles. The SMILES string of the molecule is CC(C)C(=O)C12CC(CO1)C2. The van der Waals surface area contributed by atoms with Crippen LogP contribution in [0, 0.1) is 11.8 Å². The summed E-state index contributed by atoms with van der Waals surface area (Å²) in [4.78, 5) is 11.6. The minimum absolute atomic E-state index is 0.133. The van der Waals surface area contributed by atoms with Crippen LogP contribution < -0.4 is 0 Å². The highest BCUT2D eigenvalue weighted by Crippen LogP contribution is 2.49. The highest BCUT2D eigenvalue weighted by atomic mass is 16.5. The van der Waals surface area contributed by atoms with Crippen molar-refractivity contribution >= 4 is 5.78 Å². The average molecular weight is 154 g/mol. The zero-order valence-corrected chi connectivity index (χ0v) is 7.09. The predicted octanol–water partition coefficient (Wildman–Crippen LogP) is 1.39. The van der Waals surface area contributed by atoms with E-state index in [0.29, 0.717) is 11.7 Å². The summed E-state index contributed by atoms with van der Waals surface area (Å²) in [5.41, 5.74) is -0.321. The third-order valence-corrected chi connectivity index (χ3v) is 2.81. The molecule has 0 unspecified atom stereocenters. The topological polar surface area (TPSA) is 26.3 Å². The lowest BCUT2D eigenvalue weighted by Crippen LogP contribution is -2.46. The molecule has 0 N–H and O–H groups in total. The highest BCUT2D eigenvalue weighted by Gasteiger charge is 2.57. The van der Waals surface area contributed by atoms with Gasteiger partial charge < -0.3 is 4.74 Å². The second-order valence-corrected chi connectivity index (χ2v) is 4.10. The molecule has 0 spiro atoms. The molecule has 0 amide bonds. The van der Waals surface area contributed by atoms with Gasteiger partial charge in [0.25, 0.3) is 0 Å². The molecule has 2 heteroatoms. The number of carbonyl (C=O) groups is 1. The van der Waals surface area contributed by atoms with Gasteiger partial charge in [0.2, 0.25) is 0 Å². The van der Waals surface area contributed by atoms with E-state index in [4.69, 9.17) is 4.74 Å². The third kappa shape index (κ3) is 0.853. The molecular formula is C9H14O2. The number of carbonyl (C=O) groups excluding carboxylic acids is 1. The lowest BCUT2D eigenvalue weighted by atomic mass is 9.70. The van der Waals surface area contributed by atoms with Gasteiger partial charge in [0.1, 0.15) is 5.60 Å². The van der Waals surface area contributed by atoms with Crippen molar-refractivity contribution in [2.45, 2.75) is 32.3 Å². The Morgan fingerprint density at radius 1 is 1.55 bits per heavy atom. The van der Waals surface area contributed by atoms with E-state index in [9.17, 15) is 4.79 Å². The Kier molecular flexibility index (Phi) is 1.37. The Morgan fingerprint density at radius 2 is 2.18 bits per heavy atom.